The lowest BCUT2D eigenvalue weighted by Gasteiger charge is -2.31. The summed E-state index contributed by atoms with van der Waals surface area (Å²) in [7, 11) is 0. The quantitative estimate of drug-likeness (QED) is 0.104. The van der Waals surface area contributed by atoms with E-state index < -0.39 is 53.1 Å². The standard InChI is InChI=1S/C39H37F5N4O2.C4H6O6/c1-2-46-22-6-8-31(46)24-47(23-26-12-14-27(15-13-26)28-16-19-30(20-17-28)39(42,43)44)36(49)25-48-34-11-4-3-9-32(34)38(50)45-35(48)21-18-29-7-5-10-33(40)37(29)41;5-1(3(7)8)2(6)4(9)10/h3-5,7,9-17,19-20,31H,2,6,8,18,21-25H2,1H3;1-2,5-6H,(H,7,8)(H,9,10)/t;1-,2-/m.1/s1. The van der Waals surface area contributed by atoms with E-state index in [1.54, 1.807) is 33.7 Å². The fourth-order valence-electron chi connectivity index (χ4n) is 7.03. The minimum atomic E-state index is -4.41. The second-order valence-electron chi connectivity index (χ2n) is 14.2. The number of aliphatic carboxylic acids is 2. The largest absolute Gasteiger partial charge is 0.479 e. The van der Waals surface area contributed by atoms with Crippen molar-refractivity contribution in [1.82, 2.24) is 19.4 Å². The summed E-state index contributed by atoms with van der Waals surface area (Å²) in [6.07, 6.45) is -6.80. The average molecular weight is 839 g/mol. The molecule has 60 heavy (non-hydrogen) atoms. The summed E-state index contributed by atoms with van der Waals surface area (Å²) < 4.78 is 69.4. The van der Waals surface area contributed by atoms with E-state index in [4.69, 9.17) is 20.4 Å². The number of aliphatic hydroxyl groups is 2. The number of likely N-dealkylation sites (N-methyl/N-ethyl adjacent to an activating group) is 1. The normalized spacial score (nSPS) is 15.2. The molecule has 318 valence electrons. The number of rotatable bonds is 14. The maximum Gasteiger partial charge on any atom is 0.416 e. The lowest BCUT2D eigenvalue weighted by atomic mass is 10.0. The van der Waals surface area contributed by atoms with Crippen LogP contribution in [0.1, 0.15) is 42.3 Å². The van der Waals surface area contributed by atoms with E-state index in [1.807, 2.05) is 24.3 Å². The van der Waals surface area contributed by atoms with Crippen molar-refractivity contribution < 1.29 is 56.8 Å². The summed E-state index contributed by atoms with van der Waals surface area (Å²) in [6.45, 7) is 4.52. The Morgan fingerprint density at radius 2 is 1.47 bits per heavy atom. The lowest BCUT2D eigenvalue weighted by molar-refractivity contribution is -0.165. The summed E-state index contributed by atoms with van der Waals surface area (Å²) >= 11 is 0. The van der Waals surface area contributed by atoms with E-state index in [-0.39, 0.29) is 43.4 Å². The number of aliphatic hydroxyl groups excluding tert-OH is 2. The fraction of sp³-hybridized carbons (Fsp3) is 0.326. The summed E-state index contributed by atoms with van der Waals surface area (Å²) in [6, 6.07) is 23.4. The van der Waals surface area contributed by atoms with E-state index >= 15 is 0 Å². The van der Waals surface area contributed by atoms with Crippen molar-refractivity contribution in [3.63, 3.8) is 0 Å². The second-order valence-corrected chi connectivity index (χ2v) is 14.2. The molecule has 1 aliphatic rings. The van der Waals surface area contributed by atoms with Gasteiger partial charge in [-0.05, 0) is 84.9 Å². The summed E-state index contributed by atoms with van der Waals surface area (Å²) in [5.41, 5.74) is 1.73. The van der Waals surface area contributed by atoms with Crippen molar-refractivity contribution in [2.45, 2.75) is 70.1 Å². The van der Waals surface area contributed by atoms with E-state index in [9.17, 15) is 41.1 Å². The monoisotopic (exact) mass is 838 g/mol. The van der Waals surface area contributed by atoms with Crippen LogP contribution in [-0.4, -0.2) is 95.5 Å². The Hall–Kier alpha value is -6.04. The molecule has 1 aliphatic heterocycles. The maximum atomic E-state index is 14.5. The Kier molecular flexibility index (Phi) is 14.9. The van der Waals surface area contributed by atoms with Crippen LogP contribution in [0.15, 0.2) is 95.8 Å². The molecule has 12 nitrogen and oxygen atoms in total. The molecule has 0 spiro atoms. The summed E-state index contributed by atoms with van der Waals surface area (Å²) in [5.74, 6) is -5.36. The van der Waals surface area contributed by atoms with Crippen LogP contribution in [0, 0.1) is 11.6 Å². The molecule has 1 saturated heterocycles. The van der Waals surface area contributed by atoms with Gasteiger partial charge in [0, 0.05) is 25.6 Å². The van der Waals surface area contributed by atoms with Crippen molar-refractivity contribution in [1.29, 1.82) is 0 Å². The van der Waals surface area contributed by atoms with Crippen LogP contribution in [0.5, 0.6) is 0 Å². The first-order valence-electron chi connectivity index (χ1n) is 19.0. The van der Waals surface area contributed by atoms with Gasteiger partial charge in [0.2, 0.25) is 5.91 Å². The molecule has 2 heterocycles. The number of fused-ring (bicyclic) bond motifs is 1. The Morgan fingerprint density at radius 1 is 0.850 bits per heavy atom. The molecule has 4 aromatic carbocycles. The van der Waals surface area contributed by atoms with Crippen molar-refractivity contribution in [3.8, 4) is 11.1 Å². The molecule has 0 radical (unpaired) electrons. The molecule has 0 bridgehead atoms. The van der Waals surface area contributed by atoms with Crippen molar-refractivity contribution >= 4 is 28.7 Å². The third-order valence-corrected chi connectivity index (χ3v) is 10.3. The predicted molar refractivity (Wildman–Crippen MR) is 210 cm³/mol. The van der Waals surface area contributed by atoms with E-state index in [2.05, 4.69) is 16.8 Å². The molecule has 0 aliphatic carbocycles. The number of carboxylic acids is 2. The van der Waals surface area contributed by atoms with Crippen LogP contribution >= 0.6 is 0 Å². The second kappa shape index (κ2) is 19.8. The van der Waals surface area contributed by atoms with Gasteiger partial charge in [-0.25, -0.2) is 18.4 Å². The van der Waals surface area contributed by atoms with Gasteiger partial charge in [0.1, 0.15) is 12.4 Å². The SMILES string of the molecule is CCN1CCCC1CN(Cc1ccc(-c2ccc(C(F)(F)F)cc2)cc1)C(=O)Cn1c(CCc2cccc(F)c2F)nc(=O)c2ccccc21.O=C(O)[C@H](O)[C@@H](O)C(=O)O. The number of carbonyl (C=O) groups is 3. The minimum absolute atomic E-state index is 0.0745. The van der Waals surface area contributed by atoms with Crippen molar-refractivity contribution in [3.05, 3.63) is 135 Å². The van der Waals surface area contributed by atoms with Gasteiger partial charge in [-0.2, -0.15) is 18.2 Å². The zero-order valence-corrected chi connectivity index (χ0v) is 32.4. The number of alkyl halides is 3. The molecule has 6 rings (SSSR count). The number of aryl methyl sites for hydroxylation is 2. The average Bonchev–Trinajstić information content (AvgIpc) is 3.69. The number of carbonyl (C=O) groups excluding carboxylic acids is 1. The van der Waals surface area contributed by atoms with Gasteiger partial charge >= 0.3 is 18.1 Å². The van der Waals surface area contributed by atoms with Crippen LogP contribution in [0.4, 0.5) is 22.0 Å². The van der Waals surface area contributed by atoms with Gasteiger partial charge in [0.15, 0.2) is 23.8 Å². The number of para-hydroxylation sites is 1. The van der Waals surface area contributed by atoms with Crippen LogP contribution in [0.2, 0.25) is 0 Å². The summed E-state index contributed by atoms with van der Waals surface area (Å²) in [4.78, 5) is 55.4. The first-order valence-corrected chi connectivity index (χ1v) is 19.0. The Balaban J connectivity index is 0.000000606. The zero-order valence-electron chi connectivity index (χ0n) is 32.4. The molecule has 5 aromatic rings. The molecule has 1 amide bonds. The third-order valence-electron chi connectivity index (χ3n) is 10.3. The fourth-order valence-corrected chi connectivity index (χ4v) is 7.03. The van der Waals surface area contributed by atoms with Crippen LogP contribution in [0.3, 0.4) is 0 Å². The molecule has 1 fully saturated rings. The molecule has 0 saturated carbocycles. The third kappa shape index (κ3) is 11.2. The van der Waals surface area contributed by atoms with Crippen molar-refractivity contribution in [2.75, 3.05) is 19.6 Å². The lowest BCUT2D eigenvalue weighted by Crippen LogP contribution is -2.44. The Bertz CT molecular complexity index is 2340. The Morgan fingerprint density at radius 3 is 2.07 bits per heavy atom. The number of halogens is 5. The van der Waals surface area contributed by atoms with Gasteiger partial charge < -0.3 is 29.9 Å². The minimum Gasteiger partial charge on any atom is -0.479 e. The number of hydrogen-bond donors (Lipinski definition) is 4. The van der Waals surface area contributed by atoms with E-state index in [0.29, 0.717) is 28.8 Å². The van der Waals surface area contributed by atoms with Crippen LogP contribution in [-0.2, 0) is 46.5 Å². The first kappa shape index (κ1) is 45.1. The van der Waals surface area contributed by atoms with Gasteiger partial charge in [-0.15, -0.1) is 0 Å². The molecular formula is C43H43F5N4O8. The van der Waals surface area contributed by atoms with Gasteiger partial charge in [-0.1, -0.05) is 67.6 Å². The zero-order chi connectivity index (χ0) is 43.7. The topological polar surface area (TPSA) is 174 Å². The number of aromatic nitrogens is 2. The highest BCUT2D eigenvalue weighted by molar-refractivity contribution is 5.83. The predicted octanol–water partition coefficient (Wildman–Crippen LogP) is 5.54. The smallest absolute Gasteiger partial charge is 0.416 e. The molecule has 4 N–H and O–H groups in total. The highest BCUT2D eigenvalue weighted by atomic mass is 19.4. The van der Waals surface area contributed by atoms with Crippen LogP contribution < -0.4 is 5.56 Å². The highest BCUT2D eigenvalue weighted by Crippen LogP contribution is 2.31. The first-order chi connectivity index (χ1) is 28.5. The molecule has 17 heteroatoms. The Labute approximate surface area is 340 Å². The molecule has 3 atom stereocenters. The maximum absolute atomic E-state index is 14.5. The molecular weight excluding hydrogens is 795 g/mol. The summed E-state index contributed by atoms with van der Waals surface area (Å²) in [5, 5.41) is 32.9. The molecule has 1 unspecified atom stereocenters. The van der Waals surface area contributed by atoms with Crippen molar-refractivity contribution in [2.24, 2.45) is 0 Å². The number of hydrogen-bond acceptors (Lipinski definition) is 8. The van der Waals surface area contributed by atoms with Gasteiger partial charge in [0.05, 0.1) is 16.5 Å². The van der Waals surface area contributed by atoms with E-state index in [1.165, 1.54) is 24.3 Å². The number of nitrogens with zero attached hydrogens (tertiary/aromatic N) is 4. The number of likely N-dealkylation sites (tertiary alicyclic amines) is 1. The number of carboxylic acid groups (broad SMARTS) is 2. The van der Waals surface area contributed by atoms with E-state index in [0.717, 1.165) is 55.3 Å². The highest BCUT2D eigenvalue weighted by Gasteiger charge is 2.31. The van der Waals surface area contributed by atoms with Crippen LogP contribution in [0.25, 0.3) is 22.0 Å². The van der Waals surface area contributed by atoms with Gasteiger partial charge in [0.25, 0.3) is 5.56 Å². The van der Waals surface area contributed by atoms with Gasteiger partial charge in [-0.3, -0.25) is 14.5 Å². The number of amides is 1. The number of benzene rings is 4. The molecule has 1 aromatic heterocycles.